The predicted molar refractivity (Wildman–Crippen MR) is 201 cm³/mol. The van der Waals surface area contributed by atoms with E-state index in [4.69, 9.17) is 0 Å². The molecule has 0 amide bonds. The van der Waals surface area contributed by atoms with Crippen molar-refractivity contribution in [2.24, 2.45) is 11.8 Å². The fraction of sp³-hybridized carbons (Fsp3) is 0.289. The van der Waals surface area contributed by atoms with Crippen LogP contribution in [-0.2, 0) is 47.4 Å². The van der Waals surface area contributed by atoms with Gasteiger partial charge in [-0.25, -0.2) is 0 Å². The summed E-state index contributed by atoms with van der Waals surface area (Å²) in [5, 5.41) is 5.50. The van der Waals surface area contributed by atoms with Crippen LogP contribution in [0, 0.1) is 25.7 Å². The fourth-order valence-electron chi connectivity index (χ4n) is 6.12. The summed E-state index contributed by atoms with van der Waals surface area (Å²) in [4.78, 5) is 0. The fourth-order valence-corrected chi connectivity index (χ4v) is 6.12. The normalized spacial score (nSPS) is 10.4. The summed E-state index contributed by atoms with van der Waals surface area (Å²) < 4.78 is 0. The largest absolute Gasteiger partial charge is 2.00 e. The molecule has 0 saturated heterocycles. The van der Waals surface area contributed by atoms with Gasteiger partial charge >= 0.3 is 21.7 Å². The van der Waals surface area contributed by atoms with Crippen molar-refractivity contribution >= 4 is 21.5 Å². The van der Waals surface area contributed by atoms with Gasteiger partial charge in [-0.3, -0.25) is 0 Å². The van der Waals surface area contributed by atoms with Crippen molar-refractivity contribution in [1.29, 1.82) is 0 Å². The minimum atomic E-state index is 0. The molecule has 48 heavy (non-hydrogen) atoms. The second kappa shape index (κ2) is 21.5. The third-order valence-corrected chi connectivity index (χ3v) is 8.26. The summed E-state index contributed by atoms with van der Waals surface area (Å²) in [6, 6.07) is 40.7. The van der Waals surface area contributed by atoms with Crippen LogP contribution in [0.4, 0.5) is 0 Å². The average molecular weight is 712 g/mol. The van der Waals surface area contributed by atoms with Crippen molar-refractivity contribution in [3.05, 3.63) is 145 Å². The number of halogens is 2. The monoisotopic (exact) mass is 710 g/mol. The van der Waals surface area contributed by atoms with Gasteiger partial charge in [0, 0.05) is 0 Å². The minimum Gasteiger partial charge on any atom is -1.00 e. The maximum Gasteiger partial charge on any atom is 2.00 e. The molecule has 3 heteroatoms. The van der Waals surface area contributed by atoms with Crippen LogP contribution in [-0.4, -0.2) is 0 Å². The predicted octanol–water partition coefficient (Wildman–Crippen LogP) is 7.02. The van der Waals surface area contributed by atoms with E-state index < -0.39 is 0 Å². The molecule has 6 aromatic carbocycles. The number of benzene rings is 4. The van der Waals surface area contributed by atoms with Gasteiger partial charge in [0.15, 0.2) is 0 Å². The summed E-state index contributed by atoms with van der Waals surface area (Å²) in [6.45, 7) is 20.3. The van der Waals surface area contributed by atoms with Crippen molar-refractivity contribution < 1.29 is 46.5 Å². The molecule has 0 unspecified atom stereocenters. The van der Waals surface area contributed by atoms with Crippen LogP contribution in [0.3, 0.4) is 0 Å². The number of rotatable bonds is 8. The van der Waals surface area contributed by atoms with Crippen LogP contribution in [0.25, 0.3) is 43.8 Å². The Morgan fingerprint density at radius 1 is 0.542 bits per heavy atom. The molecular formula is C45H52Cl2Ti-4. The van der Waals surface area contributed by atoms with E-state index in [2.05, 4.69) is 165 Å². The van der Waals surface area contributed by atoms with Gasteiger partial charge in [0.25, 0.3) is 0 Å². The Labute approximate surface area is 319 Å². The Bertz CT molecular complexity index is 1620. The van der Waals surface area contributed by atoms with Gasteiger partial charge in [-0.2, -0.15) is 12.1 Å². The molecule has 6 aromatic rings. The van der Waals surface area contributed by atoms with Crippen molar-refractivity contribution in [2.45, 2.75) is 73.6 Å². The molecule has 0 aliphatic carbocycles. The molecule has 0 N–H and O–H groups in total. The molecule has 6 rings (SSSR count). The SMILES string of the molecule is CCc1ccc(-c2cccc3[cH-]c(CC(C)C)cc23)cc1.CCc1ccc(-c2cccc3[cH-]c(CC(C)C)cc23)cc1.[CH2-]C[CH2-].[Cl-].[Cl-].[Ti+2]. The molecule has 0 saturated carbocycles. The maximum absolute atomic E-state index is 3.38. The first-order chi connectivity index (χ1) is 21.8. The molecule has 0 bridgehead atoms. The smallest absolute Gasteiger partial charge is 1.00 e. The van der Waals surface area contributed by atoms with Crippen LogP contribution in [0.15, 0.2) is 109 Å². The first kappa shape index (κ1) is 43.4. The summed E-state index contributed by atoms with van der Waals surface area (Å²) in [6.07, 6.45) is 5.25. The molecule has 0 spiro atoms. The van der Waals surface area contributed by atoms with Crippen LogP contribution in [0.1, 0.15) is 70.2 Å². The van der Waals surface area contributed by atoms with Crippen molar-refractivity contribution in [3.63, 3.8) is 0 Å². The van der Waals surface area contributed by atoms with Crippen molar-refractivity contribution in [2.75, 3.05) is 0 Å². The molecular weight excluding hydrogens is 659 g/mol. The van der Waals surface area contributed by atoms with E-state index >= 15 is 0 Å². The van der Waals surface area contributed by atoms with E-state index in [-0.39, 0.29) is 46.5 Å². The summed E-state index contributed by atoms with van der Waals surface area (Å²) in [7, 11) is 0. The minimum absolute atomic E-state index is 0. The Hall–Kier alpha value is -2.61. The standard InChI is InChI=1S/2C21H23.C3H6.2ClH.Ti/c2*1-4-16-8-10-18(11-9-16)20-7-5-6-19-13-17(12-15(2)3)14-21(19)20;1-3-2;;;/h2*5-11,13-15H,4,12H2,1-3H3;1-3H2;2*1H;/q2*-1;-2;;;+2/p-2. The number of hydrogen-bond acceptors (Lipinski definition) is 0. The Kier molecular flexibility index (Phi) is 19.4. The van der Waals surface area contributed by atoms with Gasteiger partial charge in [0.05, 0.1) is 0 Å². The van der Waals surface area contributed by atoms with E-state index in [1.807, 2.05) is 0 Å². The zero-order valence-corrected chi connectivity index (χ0v) is 32.8. The van der Waals surface area contributed by atoms with E-state index in [9.17, 15) is 0 Å². The van der Waals surface area contributed by atoms with E-state index in [0.29, 0.717) is 11.8 Å². The zero-order chi connectivity index (χ0) is 32.3. The molecule has 0 heterocycles. The third-order valence-electron chi connectivity index (χ3n) is 8.26. The molecule has 0 atom stereocenters. The average Bonchev–Trinajstić information content (AvgIpc) is 3.64. The molecule has 0 aliphatic rings. The van der Waals surface area contributed by atoms with Crippen LogP contribution in [0.2, 0.25) is 0 Å². The first-order valence-electron chi connectivity index (χ1n) is 16.9. The van der Waals surface area contributed by atoms with Crippen LogP contribution in [0.5, 0.6) is 0 Å². The van der Waals surface area contributed by atoms with Gasteiger partial charge in [-0.15, -0.1) is 69.1 Å². The molecule has 254 valence electrons. The van der Waals surface area contributed by atoms with Crippen LogP contribution >= 0.6 is 0 Å². The molecule has 0 radical (unpaired) electrons. The van der Waals surface area contributed by atoms with Crippen LogP contribution < -0.4 is 24.8 Å². The Morgan fingerprint density at radius 3 is 1.17 bits per heavy atom. The second-order valence-electron chi connectivity index (χ2n) is 13.0. The van der Waals surface area contributed by atoms with Gasteiger partial charge in [-0.05, 0) is 59.8 Å². The van der Waals surface area contributed by atoms with E-state index in [1.165, 1.54) is 66.1 Å². The van der Waals surface area contributed by atoms with Gasteiger partial charge in [-0.1, -0.05) is 113 Å². The second-order valence-corrected chi connectivity index (χ2v) is 13.0. The van der Waals surface area contributed by atoms with Gasteiger partial charge in [0.2, 0.25) is 0 Å². The topological polar surface area (TPSA) is 0 Å². The third kappa shape index (κ3) is 11.8. The summed E-state index contributed by atoms with van der Waals surface area (Å²) >= 11 is 0. The van der Waals surface area contributed by atoms with Crippen molar-refractivity contribution in [3.8, 4) is 22.3 Å². The number of hydrogen-bond donors (Lipinski definition) is 0. The quantitative estimate of drug-likeness (QED) is 0.118. The summed E-state index contributed by atoms with van der Waals surface area (Å²) in [5.74, 6) is 1.41. The first-order valence-corrected chi connectivity index (χ1v) is 16.9. The molecule has 0 aliphatic heterocycles. The molecule has 0 aromatic heterocycles. The molecule has 0 nitrogen and oxygen atoms in total. The zero-order valence-electron chi connectivity index (χ0n) is 29.8. The summed E-state index contributed by atoms with van der Waals surface area (Å²) in [5.41, 5.74) is 11.0. The van der Waals surface area contributed by atoms with E-state index in [0.717, 1.165) is 32.1 Å². The van der Waals surface area contributed by atoms with Crippen molar-refractivity contribution in [1.82, 2.24) is 0 Å². The van der Waals surface area contributed by atoms with Gasteiger partial charge in [0.1, 0.15) is 0 Å². The maximum atomic E-state index is 3.38. The van der Waals surface area contributed by atoms with E-state index in [1.54, 1.807) is 0 Å². The Balaban J connectivity index is 0.000000420. The number of aryl methyl sites for hydroxylation is 2. The number of fused-ring (bicyclic) bond motifs is 2. The van der Waals surface area contributed by atoms with Gasteiger partial charge < -0.3 is 45.1 Å². The molecule has 0 fully saturated rings. The Morgan fingerprint density at radius 2 is 0.875 bits per heavy atom.